The predicted molar refractivity (Wildman–Crippen MR) is 89.3 cm³/mol. The van der Waals surface area contributed by atoms with Crippen molar-refractivity contribution in [2.75, 3.05) is 18.2 Å². The van der Waals surface area contributed by atoms with Crippen LogP contribution in [-0.4, -0.2) is 33.2 Å². The lowest BCUT2D eigenvalue weighted by Gasteiger charge is -2.17. The maximum Gasteiger partial charge on any atom is 0.189 e. The van der Waals surface area contributed by atoms with Gasteiger partial charge in [0.2, 0.25) is 0 Å². The van der Waals surface area contributed by atoms with E-state index in [1.807, 2.05) is 54.6 Å². The van der Waals surface area contributed by atoms with Crippen LogP contribution in [0.1, 0.15) is 0 Å². The van der Waals surface area contributed by atoms with Crippen molar-refractivity contribution in [2.45, 2.75) is 5.16 Å². The number of anilines is 2. The van der Waals surface area contributed by atoms with Crippen molar-refractivity contribution >= 4 is 23.4 Å². The summed E-state index contributed by atoms with van der Waals surface area (Å²) in [6.45, 7) is 0. The number of nitrogens with zero attached hydrogens (tertiary/aromatic N) is 5. The molecular formula is C16H15N5S. The van der Waals surface area contributed by atoms with E-state index in [2.05, 4.69) is 19.9 Å². The summed E-state index contributed by atoms with van der Waals surface area (Å²) >= 11 is 1.51. The van der Waals surface area contributed by atoms with Crippen molar-refractivity contribution in [1.82, 2.24) is 19.9 Å². The fraction of sp³-hybridized carbons (Fsp3) is 0.125. The summed E-state index contributed by atoms with van der Waals surface area (Å²) in [5.41, 5.74) is 1.88. The third kappa shape index (κ3) is 3.07. The van der Waals surface area contributed by atoms with Crippen LogP contribution < -0.4 is 4.90 Å². The van der Waals surface area contributed by atoms with Crippen LogP contribution in [0.25, 0.3) is 11.3 Å². The maximum absolute atomic E-state index is 4.67. The highest BCUT2D eigenvalue weighted by molar-refractivity contribution is 7.98. The van der Waals surface area contributed by atoms with Gasteiger partial charge in [-0.15, -0.1) is 0 Å². The minimum Gasteiger partial charge on any atom is -0.313 e. The Bertz CT molecular complexity index is 763. The van der Waals surface area contributed by atoms with Crippen molar-refractivity contribution in [2.24, 2.45) is 0 Å². The number of rotatable bonds is 4. The molecule has 0 saturated carbocycles. The lowest BCUT2D eigenvalue weighted by molar-refractivity contribution is 0.935. The Kier molecular flexibility index (Phi) is 4.29. The molecule has 0 amide bonds. The highest BCUT2D eigenvalue weighted by Gasteiger charge is 2.10. The molecule has 0 atom stereocenters. The van der Waals surface area contributed by atoms with E-state index >= 15 is 0 Å². The van der Waals surface area contributed by atoms with Gasteiger partial charge in [0.15, 0.2) is 11.0 Å². The Balaban J connectivity index is 1.94. The molecule has 0 fully saturated rings. The van der Waals surface area contributed by atoms with Crippen LogP contribution in [0.4, 0.5) is 11.6 Å². The second-order valence-corrected chi connectivity index (χ2v) is 5.36. The van der Waals surface area contributed by atoms with Gasteiger partial charge in [-0.3, -0.25) is 4.98 Å². The number of hydrogen-bond donors (Lipinski definition) is 0. The van der Waals surface area contributed by atoms with E-state index in [1.54, 1.807) is 18.6 Å². The fourth-order valence-corrected chi connectivity index (χ4v) is 2.35. The summed E-state index contributed by atoms with van der Waals surface area (Å²) in [5, 5.41) is 0.733. The van der Waals surface area contributed by atoms with Gasteiger partial charge in [-0.25, -0.2) is 15.0 Å². The van der Waals surface area contributed by atoms with Crippen LogP contribution in [0.5, 0.6) is 0 Å². The lowest BCUT2D eigenvalue weighted by Crippen LogP contribution is -2.14. The van der Waals surface area contributed by atoms with Crippen LogP contribution in [0.15, 0.2) is 60.1 Å². The highest BCUT2D eigenvalue weighted by atomic mass is 32.2. The molecule has 1 aromatic carbocycles. The Morgan fingerprint density at radius 1 is 0.955 bits per heavy atom. The van der Waals surface area contributed by atoms with Crippen molar-refractivity contribution in [1.29, 1.82) is 0 Å². The first kappa shape index (κ1) is 14.5. The highest BCUT2D eigenvalue weighted by Crippen LogP contribution is 2.23. The monoisotopic (exact) mass is 309 g/mol. The minimum absolute atomic E-state index is 0.733. The third-order valence-corrected chi connectivity index (χ3v) is 3.74. The number of aromatic nitrogens is 4. The summed E-state index contributed by atoms with van der Waals surface area (Å²) in [4.78, 5) is 19.5. The van der Waals surface area contributed by atoms with Crippen LogP contribution in [-0.2, 0) is 0 Å². The van der Waals surface area contributed by atoms with Crippen molar-refractivity contribution in [3.05, 3.63) is 55.0 Å². The first-order valence-corrected chi connectivity index (χ1v) is 7.98. The summed E-state index contributed by atoms with van der Waals surface area (Å²) in [6.07, 6.45) is 7.20. The van der Waals surface area contributed by atoms with Gasteiger partial charge in [0.25, 0.3) is 0 Å². The zero-order chi connectivity index (χ0) is 15.4. The van der Waals surface area contributed by atoms with E-state index < -0.39 is 0 Å². The van der Waals surface area contributed by atoms with E-state index in [9.17, 15) is 0 Å². The first-order chi connectivity index (χ1) is 10.8. The molecule has 0 bridgehead atoms. The van der Waals surface area contributed by atoms with E-state index in [-0.39, 0.29) is 0 Å². The molecule has 2 aromatic heterocycles. The van der Waals surface area contributed by atoms with E-state index in [1.165, 1.54) is 11.8 Å². The molecule has 6 heteroatoms. The number of thioether (sulfide) groups is 1. The summed E-state index contributed by atoms with van der Waals surface area (Å²) in [6, 6.07) is 11.9. The van der Waals surface area contributed by atoms with E-state index in [0.29, 0.717) is 0 Å². The van der Waals surface area contributed by atoms with Gasteiger partial charge < -0.3 is 4.90 Å². The van der Waals surface area contributed by atoms with Gasteiger partial charge in [-0.1, -0.05) is 42.1 Å². The molecule has 0 spiro atoms. The van der Waals surface area contributed by atoms with Gasteiger partial charge in [0, 0.05) is 18.8 Å². The van der Waals surface area contributed by atoms with Crippen molar-refractivity contribution in [3.8, 4) is 11.3 Å². The first-order valence-electron chi connectivity index (χ1n) is 6.76. The maximum atomic E-state index is 4.67. The number of hydrogen-bond acceptors (Lipinski definition) is 6. The third-order valence-electron chi connectivity index (χ3n) is 3.18. The molecule has 0 aliphatic heterocycles. The van der Waals surface area contributed by atoms with Crippen molar-refractivity contribution < 1.29 is 0 Å². The van der Waals surface area contributed by atoms with E-state index in [0.717, 1.165) is 28.0 Å². The quantitative estimate of drug-likeness (QED) is 0.544. The lowest BCUT2D eigenvalue weighted by atomic mass is 10.2. The minimum atomic E-state index is 0.733. The van der Waals surface area contributed by atoms with E-state index in [4.69, 9.17) is 0 Å². The molecule has 3 rings (SSSR count). The molecule has 110 valence electrons. The van der Waals surface area contributed by atoms with Gasteiger partial charge in [0.05, 0.1) is 18.1 Å². The zero-order valence-electron chi connectivity index (χ0n) is 12.3. The smallest absolute Gasteiger partial charge is 0.189 e. The molecule has 0 aliphatic rings. The molecule has 3 aromatic rings. The summed E-state index contributed by atoms with van der Waals surface area (Å²) in [7, 11) is 1.92. The molecule has 0 unspecified atom stereocenters. The normalized spacial score (nSPS) is 10.5. The Hall–Kier alpha value is -2.47. The Labute approximate surface area is 133 Å². The topological polar surface area (TPSA) is 54.8 Å². The molecule has 5 nitrogen and oxygen atoms in total. The molecular weight excluding hydrogens is 294 g/mol. The van der Waals surface area contributed by atoms with Gasteiger partial charge in [-0.05, 0) is 12.3 Å². The van der Waals surface area contributed by atoms with Crippen molar-refractivity contribution in [3.63, 3.8) is 0 Å². The zero-order valence-corrected chi connectivity index (χ0v) is 13.2. The SMILES string of the molecule is CSc1nccc(N(C)c2cncc(-c3ccccc3)n2)n1. The average Bonchev–Trinajstić information content (AvgIpc) is 2.62. The Morgan fingerprint density at radius 3 is 2.55 bits per heavy atom. The fourth-order valence-electron chi connectivity index (χ4n) is 2.00. The standard InChI is InChI=1S/C16H15N5S/c1-21(14-8-9-18-16(20-14)22-2)15-11-17-10-13(19-15)12-6-4-3-5-7-12/h3-11H,1-2H3. The molecule has 0 aliphatic carbocycles. The summed E-state index contributed by atoms with van der Waals surface area (Å²) in [5.74, 6) is 1.53. The molecule has 0 N–H and O–H groups in total. The van der Waals surface area contributed by atoms with Crippen LogP contribution in [0.3, 0.4) is 0 Å². The van der Waals surface area contributed by atoms with Crippen LogP contribution in [0.2, 0.25) is 0 Å². The molecule has 22 heavy (non-hydrogen) atoms. The summed E-state index contributed by atoms with van der Waals surface area (Å²) < 4.78 is 0. The van der Waals surface area contributed by atoms with Crippen LogP contribution >= 0.6 is 11.8 Å². The molecule has 0 saturated heterocycles. The van der Waals surface area contributed by atoms with Gasteiger partial charge >= 0.3 is 0 Å². The second-order valence-electron chi connectivity index (χ2n) is 4.59. The van der Waals surface area contributed by atoms with Crippen LogP contribution in [0, 0.1) is 0 Å². The average molecular weight is 309 g/mol. The van der Waals surface area contributed by atoms with Gasteiger partial charge in [-0.2, -0.15) is 0 Å². The molecule has 0 radical (unpaired) electrons. The Morgan fingerprint density at radius 2 is 1.77 bits per heavy atom. The van der Waals surface area contributed by atoms with Gasteiger partial charge in [0.1, 0.15) is 5.82 Å². The largest absolute Gasteiger partial charge is 0.313 e. The predicted octanol–water partition coefficient (Wildman–Crippen LogP) is 3.42. The second kappa shape index (κ2) is 6.53. The molecule has 2 heterocycles. The number of benzene rings is 1.